The third-order valence-electron chi connectivity index (χ3n) is 3.73. The van der Waals surface area contributed by atoms with Crippen molar-refractivity contribution in [1.82, 2.24) is 15.1 Å². The van der Waals surface area contributed by atoms with Gasteiger partial charge in [0, 0.05) is 32.7 Å². The van der Waals surface area contributed by atoms with Crippen LogP contribution in [0.3, 0.4) is 0 Å². The van der Waals surface area contributed by atoms with Crippen molar-refractivity contribution >= 4 is 5.91 Å². The molecular weight excluding hydrogens is 226 g/mol. The van der Waals surface area contributed by atoms with Crippen LogP contribution in [-0.4, -0.2) is 61.0 Å². The lowest BCUT2D eigenvalue weighted by molar-refractivity contribution is -0.135. The molecule has 1 saturated heterocycles. The topological polar surface area (TPSA) is 35.6 Å². The summed E-state index contributed by atoms with van der Waals surface area (Å²) in [6, 6.07) is 1.01. The monoisotopic (exact) mass is 255 g/mol. The van der Waals surface area contributed by atoms with E-state index < -0.39 is 0 Å². The summed E-state index contributed by atoms with van der Waals surface area (Å²) in [7, 11) is 3.67. The fourth-order valence-electron chi connectivity index (χ4n) is 2.64. The number of nitrogens with one attached hydrogen (secondary N) is 1. The van der Waals surface area contributed by atoms with Crippen molar-refractivity contribution in [1.29, 1.82) is 0 Å². The quantitative estimate of drug-likeness (QED) is 0.805. The highest BCUT2D eigenvalue weighted by Gasteiger charge is 2.30. The van der Waals surface area contributed by atoms with Crippen LogP contribution < -0.4 is 5.32 Å². The predicted octanol–water partition coefficient (Wildman–Crippen LogP) is 1.32. The number of hydrogen-bond donors (Lipinski definition) is 1. The number of carbonyl (C=O) groups excluding carboxylic acids is 1. The fourth-order valence-corrected chi connectivity index (χ4v) is 2.64. The van der Waals surface area contributed by atoms with Crippen molar-refractivity contribution in [3.05, 3.63) is 0 Å². The Labute approximate surface area is 112 Å². The van der Waals surface area contributed by atoms with E-state index in [2.05, 4.69) is 24.1 Å². The number of nitrogens with zero attached hydrogens (tertiary/aromatic N) is 2. The SMILES string of the molecule is CC(C)NCC1CCCCN1C(C)C(=O)N(C)C. The maximum Gasteiger partial charge on any atom is 0.239 e. The van der Waals surface area contributed by atoms with Gasteiger partial charge in [-0.1, -0.05) is 20.3 Å². The minimum Gasteiger partial charge on any atom is -0.347 e. The van der Waals surface area contributed by atoms with Gasteiger partial charge in [0.25, 0.3) is 0 Å². The van der Waals surface area contributed by atoms with Crippen molar-refractivity contribution in [2.45, 2.75) is 58.2 Å². The molecule has 1 heterocycles. The second-order valence-corrected chi connectivity index (χ2v) is 5.86. The van der Waals surface area contributed by atoms with Crippen molar-refractivity contribution in [2.24, 2.45) is 0 Å². The summed E-state index contributed by atoms with van der Waals surface area (Å²) in [6.45, 7) is 8.41. The van der Waals surface area contributed by atoms with Gasteiger partial charge in [-0.2, -0.15) is 0 Å². The number of hydrogen-bond acceptors (Lipinski definition) is 3. The average molecular weight is 255 g/mol. The molecule has 0 aromatic carbocycles. The van der Waals surface area contributed by atoms with Crippen LogP contribution in [0.5, 0.6) is 0 Å². The molecule has 1 fully saturated rings. The molecule has 0 aromatic rings. The highest BCUT2D eigenvalue weighted by atomic mass is 16.2. The van der Waals surface area contributed by atoms with Gasteiger partial charge in [0.2, 0.25) is 5.91 Å². The summed E-state index contributed by atoms with van der Waals surface area (Å²) in [5.41, 5.74) is 0. The fraction of sp³-hybridized carbons (Fsp3) is 0.929. The molecule has 4 heteroatoms. The second-order valence-electron chi connectivity index (χ2n) is 5.86. The van der Waals surface area contributed by atoms with Crippen LogP contribution in [0.25, 0.3) is 0 Å². The van der Waals surface area contributed by atoms with Crippen molar-refractivity contribution < 1.29 is 4.79 Å². The molecule has 0 saturated carbocycles. The van der Waals surface area contributed by atoms with Gasteiger partial charge >= 0.3 is 0 Å². The van der Waals surface area contributed by atoms with Gasteiger partial charge in [-0.15, -0.1) is 0 Å². The van der Waals surface area contributed by atoms with E-state index in [0.29, 0.717) is 12.1 Å². The summed E-state index contributed by atoms with van der Waals surface area (Å²) in [5.74, 6) is 0.214. The lowest BCUT2D eigenvalue weighted by atomic mass is 9.99. The Morgan fingerprint density at radius 2 is 2.00 bits per heavy atom. The van der Waals surface area contributed by atoms with E-state index in [4.69, 9.17) is 0 Å². The van der Waals surface area contributed by atoms with Crippen LogP contribution in [0, 0.1) is 0 Å². The van der Waals surface area contributed by atoms with Crippen LogP contribution in [0.15, 0.2) is 0 Å². The molecule has 0 bridgehead atoms. The largest absolute Gasteiger partial charge is 0.347 e. The molecule has 1 aliphatic heterocycles. The Morgan fingerprint density at radius 3 is 2.56 bits per heavy atom. The average Bonchev–Trinajstić information content (AvgIpc) is 2.34. The molecule has 2 atom stereocenters. The summed E-state index contributed by atoms with van der Waals surface area (Å²) in [6.07, 6.45) is 3.69. The van der Waals surface area contributed by atoms with Crippen LogP contribution in [0.4, 0.5) is 0 Å². The molecule has 0 spiro atoms. The van der Waals surface area contributed by atoms with E-state index >= 15 is 0 Å². The van der Waals surface area contributed by atoms with E-state index in [0.717, 1.165) is 13.1 Å². The Hall–Kier alpha value is -0.610. The van der Waals surface area contributed by atoms with Gasteiger partial charge in [-0.05, 0) is 26.3 Å². The van der Waals surface area contributed by atoms with E-state index in [9.17, 15) is 4.79 Å². The zero-order chi connectivity index (χ0) is 13.7. The minimum atomic E-state index is -0.000683. The van der Waals surface area contributed by atoms with Crippen molar-refractivity contribution in [3.8, 4) is 0 Å². The third-order valence-corrected chi connectivity index (χ3v) is 3.73. The number of carbonyl (C=O) groups is 1. The first-order valence-corrected chi connectivity index (χ1v) is 7.13. The molecule has 4 nitrogen and oxygen atoms in total. The maximum absolute atomic E-state index is 12.1. The summed E-state index contributed by atoms with van der Waals surface area (Å²) < 4.78 is 0. The Bertz CT molecular complexity index is 266. The zero-order valence-corrected chi connectivity index (χ0v) is 12.6. The molecule has 18 heavy (non-hydrogen) atoms. The Morgan fingerprint density at radius 1 is 1.33 bits per heavy atom. The van der Waals surface area contributed by atoms with E-state index in [1.807, 2.05) is 21.0 Å². The third kappa shape index (κ3) is 4.25. The summed E-state index contributed by atoms with van der Waals surface area (Å²) >= 11 is 0. The predicted molar refractivity (Wildman–Crippen MR) is 75.6 cm³/mol. The van der Waals surface area contributed by atoms with Gasteiger partial charge in [-0.3, -0.25) is 9.69 Å². The maximum atomic E-state index is 12.1. The zero-order valence-electron chi connectivity index (χ0n) is 12.6. The Balaban J connectivity index is 2.60. The van der Waals surface area contributed by atoms with Gasteiger partial charge in [-0.25, -0.2) is 0 Å². The molecule has 1 aliphatic rings. The molecule has 1 N–H and O–H groups in total. The number of likely N-dealkylation sites (N-methyl/N-ethyl adjacent to an activating group) is 1. The lowest BCUT2D eigenvalue weighted by Crippen LogP contribution is -2.54. The number of likely N-dealkylation sites (tertiary alicyclic amines) is 1. The molecule has 0 radical (unpaired) electrons. The first-order chi connectivity index (χ1) is 8.43. The van der Waals surface area contributed by atoms with E-state index in [-0.39, 0.29) is 11.9 Å². The normalized spacial score (nSPS) is 23.1. The summed E-state index contributed by atoms with van der Waals surface area (Å²) in [4.78, 5) is 16.2. The van der Waals surface area contributed by atoms with Gasteiger partial charge in [0.05, 0.1) is 6.04 Å². The minimum absolute atomic E-state index is 0.000683. The van der Waals surface area contributed by atoms with Crippen LogP contribution >= 0.6 is 0 Å². The highest BCUT2D eigenvalue weighted by Crippen LogP contribution is 2.20. The van der Waals surface area contributed by atoms with Crippen LogP contribution in [0.1, 0.15) is 40.0 Å². The van der Waals surface area contributed by atoms with Crippen molar-refractivity contribution in [2.75, 3.05) is 27.2 Å². The molecule has 1 rings (SSSR count). The molecule has 106 valence electrons. The first kappa shape index (κ1) is 15.4. The summed E-state index contributed by atoms with van der Waals surface area (Å²) in [5, 5.41) is 3.50. The molecule has 0 aromatic heterocycles. The van der Waals surface area contributed by atoms with E-state index in [1.54, 1.807) is 4.90 Å². The molecular formula is C14H29N3O. The number of piperidine rings is 1. The van der Waals surface area contributed by atoms with Gasteiger partial charge < -0.3 is 10.2 Å². The van der Waals surface area contributed by atoms with Gasteiger partial charge in [0.15, 0.2) is 0 Å². The molecule has 2 unspecified atom stereocenters. The Kier molecular flexibility index (Phi) is 6.09. The molecule has 0 aliphatic carbocycles. The number of rotatable bonds is 5. The van der Waals surface area contributed by atoms with Gasteiger partial charge in [0.1, 0.15) is 0 Å². The van der Waals surface area contributed by atoms with Crippen molar-refractivity contribution in [3.63, 3.8) is 0 Å². The second kappa shape index (κ2) is 7.10. The van der Waals surface area contributed by atoms with Crippen LogP contribution in [0.2, 0.25) is 0 Å². The van der Waals surface area contributed by atoms with Crippen LogP contribution in [-0.2, 0) is 4.79 Å². The first-order valence-electron chi connectivity index (χ1n) is 7.13. The highest BCUT2D eigenvalue weighted by molar-refractivity contribution is 5.81. The smallest absolute Gasteiger partial charge is 0.239 e. The molecule has 1 amide bonds. The standard InChI is InChI=1S/C14H29N3O/c1-11(2)15-10-13-8-6-7-9-17(13)12(3)14(18)16(4)5/h11-13,15H,6-10H2,1-5H3. The number of amides is 1. The van der Waals surface area contributed by atoms with E-state index in [1.165, 1.54) is 19.3 Å². The lowest BCUT2D eigenvalue weighted by Gasteiger charge is -2.40.